The van der Waals surface area contributed by atoms with Gasteiger partial charge in [-0.05, 0) is 44.0 Å². The number of aromatic nitrogens is 3. The van der Waals surface area contributed by atoms with Gasteiger partial charge in [0.25, 0.3) is 0 Å². The van der Waals surface area contributed by atoms with E-state index in [1.807, 2.05) is 4.68 Å². The van der Waals surface area contributed by atoms with Gasteiger partial charge >= 0.3 is 0 Å². The Kier molecular flexibility index (Phi) is 4.37. The molecule has 0 fully saturated rings. The summed E-state index contributed by atoms with van der Waals surface area (Å²) in [6.45, 7) is 6.25. The summed E-state index contributed by atoms with van der Waals surface area (Å²) in [5.41, 5.74) is 8.61. The van der Waals surface area contributed by atoms with Gasteiger partial charge in [-0.15, -0.1) is 0 Å². The molecule has 102 valence electrons. The molecule has 1 unspecified atom stereocenters. The van der Waals surface area contributed by atoms with E-state index >= 15 is 0 Å². The standard InChI is InChI=1S/C14H19BrN4/c1-9(2)19-14(17-8-18-19)7-13(16)11-4-10(3)5-12(15)6-11/h4-6,8-9,13H,7,16H2,1-3H3. The van der Waals surface area contributed by atoms with Crippen LogP contribution in [-0.4, -0.2) is 14.8 Å². The Bertz CT molecular complexity index is 542. The number of hydrogen-bond donors (Lipinski definition) is 1. The highest BCUT2D eigenvalue weighted by molar-refractivity contribution is 9.10. The van der Waals surface area contributed by atoms with Crippen molar-refractivity contribution in [3.8, 4) is 0 Å². The summed E-state index contributed by atoms with van der Waals surface area (Å²) >= 11 is 3.51. The van der Waals surface area contributed by atoms with Crippen molar-refractivity contribution in [3.63, 3.8) is 0 Å². The first-order valence-electron chi connectivity index (χ1n) is 6.38. The molecule has 0 bridgehead atoms. The van der Waals surface area contributed by atoms with Gasteiger partial charge in [-0.2, -0.15) is 5.10 Å². The van der Waals surface area contributed by atoms with Crippen molar-refractivity contribution in [2.75, 3.05) is 0 Å². The van der Waals surface area contributed by atoms with Crippen molar-refractivity contribution in [2.45, 2.75) is 39.3 Å². The van der Waals surface area contributed by atoms with Crippen LogP contribution in [-0.2, 0) is 6.42 Å². The zero-order valence-corrected chi connectivity index (χ0v) is 13.1. The van der Waals surface area contributed by atoms with Crippen LogP contribution in [0.3, 0.4) is 0 Å². The first-order valence-corrected chi connectivity index (χ1v) is 7.17. The van der Waals surface area contributed by atoms with Crippen LogP contribution in [0.25, 0.3) is 0 Å². The van der Waals surface area contributed by atoms with Crippen LogP contribution >= 0.6 is 15.9 Å². The maximum Gasteiger partial charge on any atom is 0.138 e. The smallest absolute Gasteiger partial charge is 0.138 e. The summed E-state index contributed by atoms with van der Waals surface area (Å²) in [6.07, 6.45) is 2.28. The monoisotopic (exact) mass is 322 g/mol. The number of aryl methyl sites for hydroxylation is 1. The Balaban J connectivity index is 2.20. The maximum absolute atomic E-state index is 6.29. The van der Waals surface area contributed by atoms with E-state index in [9.17, 15) is 0 Å². The molecule has 1 aromatic heterocycles. The second-order valence-electron chi connectivity index (χ2n) is 5.09. The van der Waals surface area contributed by atoms with Gasteiger partial charge in [0.2, 0.25) is 0 Å². The minimum atomic E-state index is -0.0714. The Hall–Kier alpha value is -1.20. The van der Waals surface area contributed by atoms with E-state index < -0.39 is 0 Å². The molecular weight excluding hydrogens is 304 g/mol. The van der Waals surface area contributed by atoms with E-state index in [1.165, 1.54) is 5.56 Å². The lowest BCUT2D eigenvalue weighted by Crippen LogP contribution is -2.18. The molecule has 1 aromatic carbocycles. The van der Waals surface area contributed by atoms with Crippen molar-refractivity contribution < 1.29 is 0 Å². The molecule has 0 amide bonds. The first-order chi connectivity index (χ1) is 8.97. The molecule has 2 rings (SSSR count). The molecule has 1 heterocycles. The Morgan fingerprint density at radius 3 is 2.68 bits per heavy atom. The summed E-state index contributed by atoms with van der Waals surface area (Å²) < 4.78 is 2.98. The number of benzene rings is 1. The van der Waals surface area contributed by atoms with E-state index in [-0.39, 0.29) is 6.04 Å². The molecule has 0 saturated carbocycles. The highest BCUT2D eigenvalue weighted by Crippen LogP contribution is 2.22. The predicted octanol–water partition coefficient (Wildman–Crippen LogP) is 3.17. The molecule has 19 heavy (non-hydrogen) atoms. The molecule has 4 nitrogen and oxygen atoms in total. The van der Waals surface area contributed by atoms with Crippen molar-refractivity contribution >= 4 is 15.9 Å². The van der Waals surface area contributed by atoms with Crippen molar-refractivity contribution in [3.05, 3.63) is 46.0 Å². The van der Waals surface area contributed by atoms with Crippen LogP contribution in [0, 0.1) is 6.92 Å². The largest absolute Gasteiger partial charge is 0.324 e. The van der Waals surface area contributed by atoms with Gasteiger partial charge in [0.15, 0.2) is 0 Å². The third kappa shape index (κ3) is 3.42. The molecule has 0 radical (unpaired) electrons. The number of rotatable bonds is 4. The van der Waals surface area contributed by atoms with Gasteiger partial charge in [-0.1, -0.05) is 22.0 Å². The van der Waals surface area contributed by atoms with Gasteiger partial charge in [0.1, 0.15) is 12.2 Å². The van der Waals surface area contributed by atoms with E-state index in [1.54, 1.807) is 6.33 Å². The fraction of sp³-hybridized carbons (Fsp3) is 0.429. The third-order valence-corrected chi connectivity index (χ3v) is 3.49. The topological polar surface area (TPSA) is 56.7 Å². The van der Waals surface area contributed by atoms with Crippen molar-refractivity contribution in [2.24, 2.45) is 5.73 Å². The summed E-state index contributed by atoms with van der Waals surface area (Å²) in [6, 6.07) is 6.48. The van der Waals surface area contributed by atoms with Gasteiger partial charge in [0.05, 0.1) is 0 Å². The average Bonchev–Trinajstić information content (AvgIpc) is 2.75. The van der Waals surface area contributed by atoms with Crippen LogP contribution in [0.15, 0.2) is 29.0 Å². The SMILES string of the molecule is Cc1cc(Br)cc(C(N)Cc2ncnn2C(C)C)c1. The molecule has 0 aliphatic carbocycles. The van der Waals surface area contributed by atoms with Gasteiger partial charge in [-0.25, -0.2) is 9.67 Å². The number of nitrogens with zero attached hydrogens (tertiary/aromatic N) is 3. The van der Waals surface area contributed by atoms with Crippen LogP contribution < -0.4 is 5.73 Å². The average molecular weight is 323 g/mol. The van der Waals surface area contributed by atoms with E-state index in [4.69, 9.17) is 5.73 Å². The molecular formula is C14H19BrN4. The van der Waals surface area contributed by atoms with Crippen LogP contribution in [0.1, 0.15) is 42.9 Å². The quantitative estimate of drug-likeness (QED) is 0.940. The minimum Gasteiger partial charge on any atom is -0.324 e. The van der Waals surface area contributed by atoms with Crippen molar-refractivity contribution in [1.29, 1.82) is 0 Å². The first kappa shape index (κ1) is 14.2. The fourth-order valence-corrected chi connectivity index (χ4v) is 2.77. The molecule has 2 aromatic rings. The molecule has 0 aliphatic rings. The normalized spacial score (nSPS) is 12.9. The van der Waals surface area contributed by atoms with Crippen LogP contribution in [0.5, 0.6) is 0 Å². The van der Waals surface area contributed by atoms with Crippen LogP contribution in [0.2, 0.25) is 0 Å². The van der Waals surface area contributed by atoms with Crippen molar-refractivity contribution in [1.82, 2.24) is 14.8 Å². The zero-order valence-electron chi connectivity index (χ0n) is 11.5. The lowest BCUT2D eigenvalue weighted by molar-refractivity contribution is 0.493. The van der Waals surface area contributed by atoms with E-state index in [0.29, 0.717) is 12.5 Å². The lowest BCUT2D eigenvalue weighted by atomic mass is 10.0. The maximum atomic E-state index is 6.29. The fourth-order valence-electron chi connectivity index (χ4n) is 2.14. The summed E-state index contributed by atoms with van der Waals surface area (Å²) in [7, 11) is 0. The number of hydrogen-bond acceptors (Lipinski definition) is 3. The summed E-state index contributed by atoms with van der Waals surface area (Å²) in [5.74, 6) is 0.931. The lowest BCUT2D eigenvalue weighted by Gasteiger charge is -2.15. The third-order valence-electron chi connectivity index (χ3n) is 3.03. The minimum absolute atomic E-state index is 0.0714. The Labute approximate surface area is 122 Å². The summed E-state index contributed by atoms with van der Waals surface area (Å²) in [4.78, 5) is 4.31. The Morgan fingerprint density at radius 2 is 2.05 bits per heavy atom. The van der Waals surface area contributed by atoms with E-state index in [0.717, 1.165) is 15.9 Å². The van der Waals surface area contributed by atoms with Gasteiger partial charge < -0.3 is 5.73 Å². The second-order valence-corrected chi connectivity index (χ2v) is 6.00. The highest BCUT2D eigenvalue weighted by Gasteiger charge is 2.14. The van der Waals surface area contributed by atoms with Crippen LogP contribution in [0.4, 0.5) is 0 Å². The molecule has 0 saturated heterocycles. The predicted molar refractivity (Wildman–Crippen MR) is 79.9 cm³/mol. The van der Waals surface area contributed by atoms with Gasteiger partial charge in [0, 0.05) is 23.0 Å². The second kappa shape index (κ2) is 5.84. The molecule has 2 N–H and O–H groups in total. The molecule has 0 aliphatic heterocycles. The molecule has 0 spiro atoms. The number of halogens is 1. The molecule has 5 heteroatoms. The highest BCUT2D eigenvalue weighted by atomic mass is 79.9. The summed E-state index contributed by atoms with van der Waals surface area (Å²) in [5, 5.41) is 4.24. The number of nitrogens with two attached hydrogens (primary N) is 1. The zero-order chi connectivity index (χ0) is 14.0. The molecule has 1 atom stereocenters. The van der Waals surface area contributed by atoms with Gasteiger partial charge in [-0.3, -0.25) is 0 Å². The Morgan fingerprint density at radius 1 is 1.32 bits per heavy atom. The van der Waals surface area contributed by atoms with E-state index in [2.05, 4.69) is 65.0 Å².